The molecule has 0 heterocycles. The molecule has 0 atom stereocenters. The van der Waals surface area contributed by atoms with Crippen LogP contribution in [0, 0.1) is 17.1 Å². The van der Waals surface area contributed by atoms with Gasteiger partial charge in [0, 0.05) is 20.2 Å². The van der Waals surface area contributed by atoms with Gasteiger partial charge in [-0.15, -0.1) is 6.58 Å². The summed E-state index contributed by atoms with van der Waals surface area (Å²) in [6, 6.07) is 5.11. The molecule has 0 aromatic heterocycles. The third kappa shape index (κ3) is 3.31. The van der Waals surface area contributed by atoms with Gasteiger partial charge in [0.15, 0.2) is 5.82 Å². The Bertz CT molecular complexity index is 471. The molecule has 1 aromatic rings. The van der Waals surface area contributed by atoms with Gasteiger partial charge in [0.25, 0.3) is 0 Å². The van der Waals surface area contributed by atoms with Crippen LogP contribution in [0.3, 0.4) is 0 Å². The van der Waals surface area contributed by atoms with Gasteiger partial charge in [-0.05, 0) is 28.1 Å². The first-order valence-electron chi connectivity index (χ1n) is 5.38. The Labute approximate surface area is 115 Å². The number of methoxy groups -OCH3 is 1. The van der Waals surface area contributed by atoms with Crippen LogP contribution in [0.1, 0.15) is 5.56 Å². The third-order valence-electron chi connectivity index (χ3n) is 2.44. The zero-order valence-electron chi connectivity index (χ0n) is 10.1. The molecule has 0 radical (unpaired) electrons. The Morgan fingerprint density at radius 1 is 1.61 bits per heavy atom. The Balaban J connectivity index is 3.09. The van der Waals surface area contributed by atoms with E-state index in [4.69, 9.17) is 10.00 Å². The lowest BCUT2D eigenvalue weighted by Crippen LogP contribution is -2.28. The molecule has 0 N–H and O–H groups in total. The molecule has 0 spiro atoms. The van der Waals surface area contributed by atoms with E-state index in [1.54, 1.807) is 30.2 Å². The molecule has 0 amide bonds. The molecule has 0 saturated carbocycles. The SMILES string of the molecule is C=CCN(CCOC)c1ccc(C#N)c(Br)c1F. The summed E-state index contributed by atoms with van der Waals surface area (Å²) in [6.45, 7) is 5.21. The molecule has 0 unspecified atom stereocenters. The largest absolute Gasteiger partial charge is 0.383 e. The summed E-state index contributed by atoms with van der Waals surface area (Å²) in [7, 11) is 1.59. The maximum absolute atomic E-state index is 14.1. The van der Waals surface area contributed by atoms with Crippen molar-refractivity contribution in [3.05, 3.63) is 40.6 Å². The van der Waals surface area contributed by atoms with Gasteiger partial charge >= 0.3 is 0 Å². The Kier molecular flexibility index (Phi) is 5.83. The fourth-order valence-electron chi connectivity index (χ4n) is 1.54. The van der Waals surface area contributed by atoms with Gasteiger partial charge in [-0.2, -0.15) is 5.26 Å². The van der Waals surface area contributed by atoms with E-state index in [0.29, 0.717) is 25.4 Å². The number of hydrogen-bond donors (Lipinski definition) is 0. The number of rotatable bonds is 6. The van der Waals surface area contributed by atoms with Crippen LogP contribution in [0.4, 0.5) is 10.1 Å². The third-order valence-corrected chi connectivity index (χ3v) is 3.21. The second-order valence-corrected chi connectivity index (χ2v) is 4.39. The van der Waals surface area contributed by atoms with Crippen molar-refractivity contribution in [3.8, 4) is 6.07 Å². The predicted molar refractivity (Wildman–Crippen MR) is 73.1 cm³/mol. The molecule has 0 saturated heterocycles. The van der Waals surface area contributed by atoms with Crippen LogP contribution in [-0.2, 0) is 4.74 Å². The van der Waals surface area contributed by atoms with Crippen LogP contribution in [0.2, 0.25) is 0 Å². The highest BCUT2D eigenvalue weighted by Crippen LogP contribution is 2.29. The Morgan fingerprint density at radius 3 is 2.89 bits per heavy atom. The Morgan fingerprint density at radius 2 is 2.33 bits per heavy atom. The number of anilines is 1. The monoisotopic (exact) mass is 312 g/mol. The van der Waals surface area contributed by atoms with Gasteiger partial charge in [0.05, 0.1) is 22.3 Å². The maximum Gasteiger partial charge on any atom is 0.161 e. The van der Waals surface area contributed by atoms with E-state index in [2.05, 4.69) is 22.5 Å². The lowest BCUT2D eigenvalue weighted by Gasteiger charge is -2.24. The van der Waals surface area contributed by atoms with E-state index >= 15 is 0 Å². The molecule has 3 nitrogen and oxygen atoms in total. The summed E-state index contributed by atoms with van der Waals surface area (Å²) in [5.74, 6) is -0.438. The minimum Gasteiger partial charge on any atom is -0.383 e. The van der Waals surface area contributed by atoms with Crippen LogP contribution in [0.15, 0.2) is 29.3 Å². The van der Waals surface area contributed by atoms with Gasteiger partial charge in [0.1, 0.15) is 6.07 Å². The molecule has 1 rings (SSSR count). The average molecular weight is 313 g/mol. The van der Waals surface area contributed by atoms with E-state index in [1.807, 2.05) is 6.07 Å². The van der Waals surface area contributed by atoms with Gasteiger partial charge in [-0.1, -0.05) is 6.08 Å². The van der Waals surface area contributed by atoms with Crippen molar-refractivity contribution in [3.63, 3.8) is 0 Å². The van der Waals surface area contributed by atoms with Gasteiger partial charge in [-0.25, -0.2) is 4.39 Å². The van der Waals surface area contributed by atoms with Gasteiger partial charge in [0.2, 0.25) is 0 Å². The minimum atomic E-state index is -0.438. The van der Waals surface area contributed by atoms with Crippen LogP contribution < -0.4 is 4.90 Å². The van der Waals surface area contributed by atoms with E-state index in [9.17, 15) is 4.39 Å². The van der Waals surface area contributed by atoms with E-state index in [0.717, 1.165) is 0 Å². The minimum absolute atomic E-state index is 0.189. The van der Waals surface area contributed by atoms with Crippen molar-refractivity contribution in [1.29, 1.82) is 5.26 Å². The smallest absolute Gasteiger partial charge is 0.161 e. The highest BCUT2D eigenvalue weighted by molar-refractivity contribution is 9.10. The summed E-state index contributed by atoms with van der Waals surface area (Å²) in [6.07, 6.45) is 1.70. The van der Waals surface area contributed by atoms with Crippen molar-refractivity contribution in [2.24, 2.45) is 0 Å². The topological polar surface area (TPSA) is 36.3 Å². The van der Waals surface area contributed by atoms with E-state index in [1.165, 1.54) is 0 Å². The van der Waals surface area contributed by atoms with Crippen LogP contribution in [-0.4, -0.2) is 26.8 Å². The number of benzene rings is 1. The van der Waals surface area contributed by atoms with Crippen LogP contribution in [0.5, 0.6) is 0 Å². The number of nitriles is 1. The van der Waals surface area contributed by atoms with E-state index < -0.39 is 5.82 Å². The number of halogens is 2. The molecular weight excluding hydrogens is 299 g/mol. The molecule has 1 aromatic carbocycles. The molecule has 0 fully saturated rings. The fourth-order valence-corrected chi connectivity index (χ4v) is 1.96. The first kappa shape index (κ1) is 14.7. The molecule has 0 aliphatic rings. The number of hydrogen-bond acceptors (Lipinski definition) is 3. The maximum atomic E-state index is 14.1. The highest BCUT2D eigenvalue weighted by atomic mass is 79.9. The lowest BCUT2D eigenvalue weighted by molar-refractivity contribution is 0.205. The standard InChI is InChI=1S/C13H14BrFN2O/c1-3-6-17(7-8-18-2)11-5-4-10(9-16)12(14)13(11)15/h3-5H,1,6-8H2,2H3. The Hall–Kier alpha value is -1.38. The zero-order valence-corrected chi connectivity index (χ0v) is 11.7. The fraction of sp³-hybridized carbons (Fsp3) is 0.308. The molecule has 0 aliphatic carbocycles. The molecular formula is C13H14BrFN2O. The number of nitrogens with zero attached hydrogens (tertiary/aromatic N) is 2. The van der Waals surface area contributed by atoms with Crippen molar-refractivity contribution in [1.82, 2.24) is 0 Å². The normalized spacial score (nSPS) is 9.89. The first-order chi connectivity index (χ1) is 8.65. The van der Waals surface area contributed by atoms with Crippen molar-refractivity contribution >= 4 is 21.6 Å². The molecule has 0 aliphatic heterocycles. The molecule has 5 heteroatoms. The van der Waals surface area contributed by atoms with Crippen molar-refractivity contribution in [2.75, 3.05) is 31.7 Å². The van der Waals surface area contributed by atoms with E-state index in [-0.39, 0.29) is 10.0 Å². The summed E-state index contributed by atoms with van der Waals surface area (Å²) in [4.78, 5) is 1.80. The summed E-state index contributed by atoms with van der Waals surface area (Å²) in [5, 5.41) is 8.82. The predicted octanol–water partition coefficient (Wildman–Crippen LogP) is 3.10. The van der Waals surface area contributed by atoms with Crippen molar-refractivity contribution in [2.45, 2.75) is 0 Å². The highest BCUT2D eigenvalue weighted by Gasteiger charge is 2.15. The van der Waals surface area contributed by atoms with Gasteiger partial charge in [-0.3, -0.25) is 0 Å². The summed E-state index contributed by atoms with van der Waals surface area (Å²) in [5.41, 5.74) is 0.708. The average Bonchev–Trinajstić information content (AvgIpc) is 2.38. The van der Waals surface area contributed by atoms with Gasteiger partial charge < -0.3 is 9.64 Å². The molecule has 0 bridgehead atoms. The number of ether oxygens (including phenoxy) is 1. The molecule has 96 valence electrons. The van der Waals surface area contributed by atoms with Crippen LogP contribution >= 0.6 is 15.9 Å². The summed E-state index contributed by atoms with van der Waals surface area (Å²) >= 11 is 3.10. The lowest BCUT2D eigenvalue weighted by atomic mass is 10.2. The van der Waals surface area contributed by atoms with Crippen molar-refractivity contribution < 1.29 is 9.13 Å². The molecule has 18 heavy (non-hydrogen) atoms. The summed E-state index contributed by atoms with van der Waals surface area (Å²) < 4.78 is 19.3. The second-order valence-electron chi connectivity index (χ2n) is 3.60. The van der Waals surface area contributed by atoms with Crippen LogP contribution in [0.25, 0.3) is 0 Å². The second kappa shape index (κ2) is 7.14. The first-order valence-corrected chi connectivity index (χ1v) is 6.17. The quantitative estimate of drug-likeness (QED) is 0.757. The zero-order chi connectivity index (χ0) is 13.5.